The van der Waals surface area contributed by atoms with E-state index in [0.717, 1.165) is 0 Å². The van der Waals surface area contributed by atoms with Crippen LogP contribution in [-0.2, 0) is 0 Å². The Kier molecular flexibility index (Phi) is 2.81. The predicted octanol–water partition coefficient (Wildman–Crippen LogP) is 3.08. The van der Waals surface area contributed by atoms with Crippen molar-refractivity contribution in [3.05, 3.63) is 5.50 Å². The quantitative estimate of drug-likeness (QED) is 0.516. The molecular formula is CCl6Si3. The van der Waals surface area contributed by atoms with E-state index in [1.54, 1.807) is 0 Å². The third-order valence-electron chi connectivity index (χ3n) is 1.33. The van der Waals surface area contributed by atoms with Gasteiger partial charge in [-0.1, -0.05) is 0 Å². The van der Waals surface area contributed by atoms with Gasteiger partial charge < -0.3 is 0 Å². The summed E-state index contributed by atoms with van der Waals surface area (Å²) in [6, 6.07) is 0. The minimum Gasteiger partial charge on any atom is -0.166 e. The van der Waals surface area contributed by atoms with Crippen molar-refractivity contribution < 1.29 is 0 Å². The van der Waals surface area contributed by atoms with E-state index in [9.17, 15) is 0 Å². The van der Waals surface area contributed by atoms with E-state index < -0.39 is 17.9 Å². The number of halogens is 6. The van der Waals surface area contributed by atoms with Crippen LogP contribution in [0, 0.1) is 5.50 Å². The molecule has 0 N–H and O–H groups in total. The van der Waals surface area contributed by atoms with Crippen molar-refractivity contribution in [2.45, 2.75) is 0 Å². The second-order valence-corrected chi connectivity index (χ2v) is 43.4. The Hall–Kier alpha value is 2.39. The average Bonchev–Trinajstić information content (AvgIpc) is 2.11. The van der Waals surface area contributed by atoms with Crippen molar-refractivity contribution >= 4 is 84.9 Å². The van der Waals surface area contributed by atoms with Crippen LogP contribution in [0.25, 0.3) is 0 Å². The SMILES string of the molecule is Cl[C][Si]1(Cl)[Si](Cl)(Cl)[Si]1(Cl)Cl. The highest BCUT2D eigenvalue weighted by Gasteiger charge is 2.94. The third kappa shape index (κ3) is 0.992. The predicted molar refractivity (Wildman–Crippen MR) is 55.6 cm³/mol. The maximum absolute atomic E-state index is 5.90. The van der Waals surface area contributed by atoms with E-state index in [4.69, 9.17) is 67.0 Å². The number of hydrogen-bond donors (Lipinski definition) is 0. The Morgan fingerprint density at radius 1 is 0.800 bits per heavy atom. The summed E-state index contributed by atoms with van der Waals surface area (Å²) in [4.78, 5) is 0. The number of hydrogen-bond acceptors (Lipinski definition) is 0. The van der Waals surface area contributed by atoms with Gasteiger partial charge in [0.25, 0.3) is 11.5 Å². The molecule has 1 heterocycles. The van der Waals surface area contributed by atoms with E-state index in [0.29, 0.717) is 0 Å². The molecule has 0 atom stereocenters. The molecule has 1 aliphatic rings. The molecule has 0 saturated carbocycles. The molecular weight excluding hydrogens is 309 g/mol. The highest BCUT2D eigenvalue weighted by Crippen LogP contribution is 2.64. The largest absolute Gasteiger partial charge is 0.279 e. The van der Waals surface area contributed by atoms with Gasteiger partial charge in [-0.15, -0.1) is 55.9 Å². The highest BCUT2D eigenvalue weighted by atomic mass is 35.8. The summed E-state index contributed by atoms with van der Waals surface area (Å²) in [5.74, 6) is 0. The lowest BCUT2D eigenvalue weighted by atomic mass is 11.9. The van der Waals surface area contributed by atoms with E-state index >= 15 is 0 Å². The van der Waals surface area contributed by atoms with Gasteiger partial charge in [0, 0.05) is 0 Å². The maximum Gasteiger partial charge on any atom is 0.279 e. The molecule has 0 spiro atoms. The Morgan fingerprint density at radius 2 is 1.10 bits per heavy atom. The van der Waals surface area contributed by atoms with Crippen molar-refractivity contribution in [3.63, 3.8) is 0 Å². The Bertz CT molecular complexity index is 150. The molecule has 1 saturated heterocycles. The van der Waals surface area contributed by atoms with Crippen LogP contribution in [-0.4, -0.2) is 17.9 Å². The normalized spacial score (nSPS) is 31.8. The van der Waals surface area contributed by atoms with Crippen LogP contribution in [0.1, 0.15) is 0 Å². The molecule has 0 unspecified atom stereocenters. The summed E-state index contributed by atoms with van der Waals surface area (Å²) in [5, 5.41) is 0. The molecule has 0 nitrogen and oxygen atoms in total. The summed E-state index contributed by atoms with van der Waals surface area (Å²) in [7, 11) is 0. The lowest BCUT2D eigenvalue weighted by molar-refractivity contribution is 2.52. The van der Waals surface area contributed by atoms with Crippen LogP contribution < -0.4 is 0 Å². The monoisotopic (exact) mass is 306 g/mol. The van der Waals surface area contributed by atoms with Crippen LogP contribution in [0.4, 0.5) is 0 Å². The Labute approximate surface area is 89.6 Å². The van der Waals surface area contributed by atoms with Crippen LogP contribution in [0.3, 0.4) is 0 Å². The van der Waals surface area contributed by atoms with Crippen LogP contribution >= 0.6 is 67.0 Å². The molecule has 0 aromatic rings. The van der Waals surface area contributed by atoms with Crippen molar-refractivity contribution in [1.82, 2.24) is 0 Å². The standard InChI is InChI=1S/CCl6Si3/c2-1-8(3)9(4,5)10(8,6)7. The topological polar surface area (TPSA) is 0 Å². The van der Waals surface area contributed by atoms with E-state index in [1.165, 1.54) is 0 Å². The van der Waals surface area contributed by atoms with Gasteiger partial charge in [0.1, 0.15) is 0 Å². The molecule has 0 aromatic carbocycles. The first kappa shape index (κ1) is 10.5. The van der Waals surface area contributed by atoms with Gasteiger partial charge in [0.05, 0.1) is 5.50 Å². The van der Waals surface area contributed by atoms with Crippen molar-refractivity contribution in [2.24, 2.45) is 0 Å². The lowest BCUT2D eigenvalue weighted by Crippen LogP contribution is -2.19. The molecule has 9 heteroatoms. The van der Waals surface area contributed by atoms with Crippen LogP contribution in [0.2, 0.25) is 0 Å². The average molecular weight is 309 g/mol. The van der Waals surface area contributed by atoms with Gasteiger partial charge in [-0.25, -0.2) is 0 Å². The molecule has 0 aromatic heterocycles. The van der Waals surface area contributed by atoms with Crippen LogP contribution in [0.5, 0.6) is 0 Å². The molecule has 1 rings (SSSR count). The number of rotatable bonds is 1. The molecule has 0 amide bonds. The summed E-state index contributed by atoms with van der Waals surface area (Å²) < 4.78 is 0. The first-order valence-electron chi connectivity index (χ1n) is 2.13. The first-order chi connectivity index (χ1) is 4.31. The Morgan fingerprint density at radius 3 is 1.10 bits per heavy atom. The molecule has 10 heavy (non-hydrogen) atoms. The molecule has 1 aliphatic heterocycles. The minimum absolute atomic E-state index is 2.37. The van der Waals surface area contributed by atoms with E-state index in [2.05, 4.69) is 5.50 Å². The molecule has 2 radical (unpaired) electrons. The van der Waals surface area contributed by atoms with E-state index in [1.807, 2.05) is 0 Å². The molecule has 0 aliphatic carbocycles. The zero-order valence-electron chi connectivity index (χ0n) is 4.27. The fraction of sp³-hybridized carbons (Fsp3) is 0. The summed E-state index contributed by atoms with van der Waals surface area (Å²) in [6.45, 7) is 0. The highest BCUT2D eigenvalue weighted by molar-refractivity contribution is 8.47. The summed E-state index contributed by atoms with van der Waals surface area (Å²) in [6.07, 6.45) is -2.51. The third-order valence-corrected chi connectivity index (χ3v) is 76.8. The van der Waals surface area contributed by atoms with Crippen molar-refractivity contribution in [2.75, 3.05) is 0 Å². The van der Waals surface area contributed by atoms with E-state index in [-0.39, 0.29) is 0 Å². The fourth-order valence-corrected chi connectivity index (χ4v) is 83.2. The second kappa shape index (κ2) is 2.69. The van der Waals surface area contributed by atoms with Gasteiger partial charge in [-0.2, -0.15) is 11.1 Å². The molecule has 0 bridgehead atoms. The Balaban J connectivity index is 2.90. The van der Waals surface area contributed by atoms with Crippen molar-refractivity contribution in [1.29, 1.82) is 0 Å². The van der Waals surface area contributed by atoms with Gasteiger partial charge >= 0.3 is 0 Å². The molecule has 58 valence electrons. The minimum atomic E-state index is -2.57. The van der Waals surface area contributed by atoms with Crippen LogP contribution in [0.15, 0.2) is 0 Å². The summed E-state index contributed by atoms with van der Waals surface area (Å²) in [5.41, 5.74) is -2.77. The zero-order chi connectivity index (χ0) is 8.21. The zero-order valence-corrected chi connectivity index (χ0v) is 11.8. The fourth-order valence-electron chi connectivity index (χ4n) is 0.505. The van der Waals surface area contributed by atoms with Gasteiger partial charge in [-0.05, 0) is 0 Å². The molecule has 1 fully saturated rings. The van der Waals surface area contributed by atoms with Gasteiger partial charge in [0.15, 0.2) is 0 Å². The maximum atomic E-state index is 5.90. The second-order valence-electron chi connectivity index (χ2n) is 1.90. The smallest absolute Gasteiger partial charge is 0.166 e. The van der Waals surface area contributed by atoms with Gasteiger partial charge in [0.2, 0.25) is 6.42 Å². The van der Waals surface area contributed by atoms with Crippen molar-refractivity contribution in [3.8, 4) is 0 Å². The van der Waals surface area contributed by atoms with Gasteiger partial charge in [-0.3, -0.25) is 0 Å². The summed E-state index contributed by atoms with van der Waals surface area (Å²) >= 11 is 34.5. The lowest BCUT2D eigenvalue weighted by Gasteiger charge is -1.95. The first-order valence-corrected chi connectivity index (χ1v) is 16.6.